The van der Waals surface area contributed by atoms with Gasteiger partial charge in [0.15, 0.2) is 0 Å². The molecule has 0 saturated carbocycles. The number of thiophene rings is 1. The first-order valence-electron chi connectivity index (χ1n) is 8.78. The average molecular weight is 481 g/mol. The summed E-state index contributed by atoms with van der Waals surface area (Å²) in [5, 5.41) is 10.0. The van der Waals surface area contributed by atoms with E-state index in [1.165, 1.54) is 24.3 Å². The van der Waals surface area contributed by atoms with Gasteiger partial charge >= 0.3 is 5.97 Å². The molecule has 0 atom stereocenters. The van der Waals surface area contributed by atoms with Gasteiger partial charge in [-0.15, -0.1) is 11.3 Å². The number of aliphatic hydroxyl groups excluding tert-OH is 1. The van der Waals surface area contributed by atoms with Crippen molar-refractivity contribution < 1.29 is 24.2 Å². The van der Waals surface area contributed by atoms with E-state index in [-0.39, 0.29) is 34.1 Å². The normalized spacial score (nSPS) is 13.9. The molecule has 0 bridgehead atoms. The van der Waals surface area contributed by atoms with Crippen LogP contribution in [0, 0.1) is 0 Å². The molecule has 1 amide bonds. The fourth-order valence-corrected chi connectivity index (χ4v) is 4.22. The highest BCUT2D eigenvalue weighted by Gasteiger charge is 2.45. The molecule has 0 radical (unpaired) electrons. The molecule has 0 aliphatic heterocycles. The Morgan fingerprint density at radius 3 is 2.55 bits per heavy atom. The van der Waals surface area contributed by atoms with Gasteiger partial charge in [-0.25, -0.2) is 14.8 Å². The van der Waals surface area contributed by atoms with Crippen LogP contribution in [0.1, 0.15) is 9.67 Å². The van der Waals surface area contributed by atoms with Crippen molar-refractivity contribution >= 4 is 62.6 Å². The largest absolute Gasteiger partial charge is 0.490 e. The number of hydrogen-bond acceptors (Lipinski definition) is 9. The lowest BCUT2D eigenvalue weighted by molar-refractivity contribution is -0.127. The summed E-state index contributed by atoms with van der Waals surface area (Å²) >= 11 is 13.6. The molecule has 31 heavy (non-hydrogen) atoms. The van der Waals surface area contributed by atoms with Crippen LogP contribution in [-0.4, -0.2) is 45.8 Å². The molecular weight excluding hydrogens is 467 g/mol. The fraction of sp³-hybridized carbons (Fsp3) is 0.158. The van der Waals surface area contributed by atoms with Crippen molar-refractivity contribution in [1.29, 1.82) is 0 Å². The first kappa shape index (κ1) is 21.3. The van der Waals surface area contributed by atoms with Gasteiger partial charge in [0.25, 0.3) is 5.91 Å². The zero-order chi connectivity index (χ0) is 22.3. The first-order valence-corrected chi connectivity index (χ1v) is 10.3. The van der Waals surface area contributed by atoms with E-state index in [0.29, 0.717) is 27.2 Å². The number of primary amides is 1. The standard InChI is InChI=1S/C19H14Cl2N4O5S/c20-10-7-11(21)12(29-4-3-26)5-8(10)14-9-6-13(31-15(9)25-18(23)24-14)16(27)30-19(1-2-19)17(22)28/h1-2,5-7,26H,3-4H2,(H2,22,28)(H2,23,24,25). The van der Waals surface area contributed by atoms with Crippen molar-refractivity contribution in [2.24, 2.45) is 5.73 Å². The molecule has 0 spiro atoms. The number of fused-ring (bicyclic) bond motifs is 1. The number of amides is 1. The van der Waals surface area contributed by atoms with E-state index in [0.717, 1.165) is 11.3 Å². The van der Waals surface area contributed by atoms with Crippen LogP contribution >= 0.6 is 34.5 Å². The maximum absolute atomic E-state index is 12.6. The number of nitrogens with two attached hydrogens (primary N) is 2. The molecule has 3 aromatic rings. The van der Waals surface area contributed by atoms with Gasteiger partial charge in [0, 0.05) is 10.9 Å². The van der Waals surface area contributed by atoms with Gasteiger partial charge < -0.3 is 26.0 Å². The Balaban J connectivity index is 1.77. The molecule has 5 N–H and O–H groups in total. The number of carbonyl (C=O) groups is 2. The van der Waals surface area contributed by atoms with Crippen molar-refractivity contribution in [3.05, 3.63) is 45.3 Å². The van der Waals surface area contributed by atoms with Gasteiger partial charge in [-0.05, 0) is 30.4 Å². The highest BCUT2D eigenvalue weighted by atomic mass is 35.5. The second-order valence-electron chi connectivity index (χ2n) is 6.47. The first-order chi connectivity index (χ1) is 14.7. The van der Waals surface area contributed by atoms with Gasteiger partial charge in [0.1, 0.15) is 22.1 Å². The minimum atomic E-state index is -1.49. The van der Waals surface area contributed by atoms with E-state index >= 15 is 0 Å². The van der Waals surface area contributed by atoms with Crippen molar-refractivity contribution in [2.75, 3.05) is 18.9 Å². The summed E-state index contributed by atoms with van der Waals surface area (Å²) < 4.78 is 10.7. The summed E-state index contributed by atoms with van der Waals surface area (Å²) in [6.45, 7) is -0.164. The van der Waals surface area contributed by atoms with Crippen LogP contribution in [0.2, 0.25) is 10.0 Å². The van der Waals surface area contributed by atoms with Crippen LogP contribution in [0.3, 0.4) is 0 Å². The predicted molar refractivity (Wildman–Crippen MR) is 116 cm³/mol. The summed E-state index contributed by atoms with van der Waals surface area (Å²) in [5.74, 6) is -1.27. The number of anilines is 1. The minimum absolute atomic E-state index is 0.0339. The molecule has 160 valence electrons. The molecule has 0 unspecified atom stereocenters. The Bertz CT molecular complexity index is 1250. The Morgan fingerprint density at radius 2 is 1.90 bits per heavy atom. The third kappa shape index (κ3) is 4.02. The highest BCUT2D eigenvalue weighted by Crippen LogP contribution is 2.41. The predicted octanol–water partition coefficient (Wildman–Crippen LogP) is 2.57. The van der Waals surface area contributed by atoms with E-state index in [4.69, 9.17) is 49.2 Å². The monoisotopic (exact) mass is 480 g/mol. The number of aliphatic hydroxyl groups is 1. The van der Waals surface area contributed by atoms with Crippen molar-refractivity contribution in [2.45, 2.75) is 5.60 Å². The van der Waals surface area contributed by atoms with Crippen LogP contribution in [0.15, 0.2) is 30.4 Å². The van der Waals surface area contributed by atoms with Crippen LogP contribution < -0.4 is 16.2 Å². The number of nitrogen functional groups attached to an aromatic ring is 1. The van der Waals surface area contributed by atoms with E-state index in [2.05, 4.69) is 9.97 Å². The van der Waals surface area contributed by atoms with Crippen molar-refractivity contribution in [3.63, 3.8) is 0 Å². The molecule has 0 fully saturated rings. The Kier molecular flexibility index (Phi) is 5.48. The fourth-order valence-electron chi connectivity index (χ4n) is 2.78. The van der Waals surface area contributed by atoms with Crippen LogP contribution in [0.4, 0.5) is 5.95 Å². The van der Waals surface area contributed by atoms with Crippen LogP contribution in [-0.2, 0) is 9.53 Å². The summed E-state index contributed by atoms with van der Waals surface area (Å²) in [4.78, 5) is 33.1. The zero-order valence-corrected chi connectivity index (χ0v) is 17.9. The smallest absolute Gasteiger partial charge is 0.350 e. The quantitative estimate of drug-likeness (QED) is 0.344. The van der Waals surface area contributed by atoms with Gasteiger partial charge in [-0.2, -0.15) is 0 Å². The highest BCUT2D eigenvalue weighted by molar-refractivity contribution is 7.20. The molecule has 2 aromatic heterocycles. The Hall–Kier alpha value is -2.92. The molecule has 9 nitrogen and oxygen atoms in total. The number of aromatic nitrogens is 2. The third-order valence-electron chi connectivity index (χ3n) is 4.35. The third-order valence-corrected chi connectivity index (χ3v) is 5.97. The van der Waals surface area contributed by atoms with Crippen molar-refractivity contribution in [1.82, 2.24) is 9.97 Å². The average Bonchev–Trinajstić information content (AvgIpc) is 3.37. The lowest BCUT2D eigenvalue weighted by Gasteiger charge is -2.12. The van der Waals surface area contributed by atoms with Gasteiger partial charge in [0.05, 0.1) is 22.3 Å². The Labute approximate surface area is 189 Å². The van der Waals surface area contributed by atoms with Gasteiger partial charge in [-0.1, -0.05) is 23.2 Å². The second kappa shape index (κ2) is 7.97. The lowest BCUT2D eigenvalue weighted by atomic mass is 10.1. The van der Waals surface area contributed by atoms with E-state index in [1.54, 1.807) is 6.07 Å². The van der Waals surface area contributed by atoms with E-state index in [9.17, 15) is 9.59 Å². The van der Waals surface area contributed by atoms with E-state index < -0.39 is 17.5 Å². The zero-order valence-electron chi connectivity index (χ0n) is 15.6. The van der Waals surface area contributed by atoms with Crippen molar-refractivity contribution in [3.8, 4) is 17.0 Å². The van der Waals surface area contributed by atoms with Crippen LogP contribution in [0.5, 0.6) is 5.75 Å². The second-order valence-corrected chi connectivity index (χ2v) is 8.32. The van der Waals surface area contributed by atoms with E-state index in [1.807, 2.05) is 0 Å². The molecule has 1 aromatic carbocycles. The summed E-state index contributed by atoms with van der Waals surface area (Å²) in [6, 6.07) is 4.56. The van der Waals surface area contributed by atoms with Gasteiger partial charge in [0.2, 0.25) is 11.5 Å². The number of esters is 1. The molecule has 0 saturated heterocycles. The molecular formula is C19H14Cl2N4O5S. The molecule has 2 heterocycles. The Morgan fingerprint density at radius 1 is 1.16 bits per heavy atom. The number of nitrogens with zero attached hydrogens (tertiary/aromatic N) is 2. The topological polar surface area (TPSA) is 151 Å². The summed E-state index contributed by atoms with van der Waals surface area (Å²) in [6.07, 6.45) is 2.79. The number of hydrogen-bond donors (Lipinski definition) is 3. The molecule has 4 rings (SSSR count). The number of benzene rings is 1. The molecule has 1 aliphatic carbocycles. The maximum atomic E-state index is 12.6. The maximum Gasteiger partial charge on any atom is 0.350 e. The minimum Gasteiger partial charge on any atom is -0.490 e. The van der Waals surface area contributed by atoms with Gasteiger partial charge in [-0.3, -0.25) is 4.79 Å². The lowest BCUT2D eigenvalue weighted by Crippen LogP contribution is -2.36. The number of carbonyl (C=O) groups excluding carboxylic acids is 2. The SMILES string of the molecule is NC(=O)C1(OC(=O)c2cc3c(-c4cc(OCCO)c(Cl)cc4Cl)nc(N)nc3s2)C=C1. The molecule has 12 heteroatoms. The molecule has 1 aliphatic rings. The summed E-state index contributed by atoms with van der Waals surface area (Å²) in [7, 11) is 0. The summed E-state index contributed by atoms with van der Waals surface area (Å²) in [5.41, 5.74) is 10.4. The number of rotatable bonds is 7. The number of halogens is 2. The number of ether oxygens (including phenoxy) is 2. The van der Waals surface area contributed by atoms with Crippen LogP contribution in [0.25, 0.3) is 21.5 Å².